The summed E-state index contributed by atoms with van der Waals surface area (Å²) in [5.41, 5.74) is 1.97. The Labute approximate surface area is 153 Å². The van der Waals surface area contributed by atoms with Crippen LogP contribution in [0.25, 0.3) is 11.1 Å². The van der Waals surface area contributed by atoms with Crippen LogP contribution < -0.4 is 10.3 Å². The molecule has 9 nitrogen and oxygen atoms in total. The van der Waals surface area contributed by atoms with E-state index in [2.05, 4.69) is 10.1 Å². The number of pyridine rings is 1. The number of methoxy groups -OCH3 is 1. The number of nitrogens with zero attached hydrogens (tertiary/aromatic N) is 4. The smallest absolute Gasteiger partial charge is 0.307 e. The van der Waals surface area contributed by atoms with Gasteiger partial charge in [-0.25, -0.2) is 0 Å². The van der Waals surface area contributed by atoms with Gasteiger partial charge in [0, 0.05) is 16.8 Å². The number of ether oxygens (including phenoxy) is 1. The monoisotopic (exact) mass is 365 g/mol. The molecule has 3 aromatic rings. The zero-order valence-corrected chi connectivity index (χ0v) is 14.6. The minimum atomic E-state index is -0.518. The van der Waals surface area contributed by atoms with E-state index in [1.54, 1.807) is 31.2 Å². The molecule has 27 heavy (non-hydrogen) atoms. The maximum Gasteiger partial charge on any atom is 0.307 e. The first-order valence-electron chi connectivity index (χ1n) is 7.91. The van der Waals surface area contributed by atoms with E-state index in [0.717, 1.165) is 0 Å². The molecule has 0 atom stereocenters. The maximum absolute atomic E-state index is 12.1. The number of hydrogen-bond acceptors (Lipinski definition) is 6. The number of rotatable bonds is 5. The molecule has 0 unspecified atom stereocenters. The van der Waals surface area contributed by atoms with Gasteiger partial charge in [-0.3, -0.25) is 19.6 Å². The van der Waals surface area contributed by atoms with Crippen LogP contribution in [-0.4, -0.2) is 26.8 Å². The average molecular weight is 365 g/mol. The molecule has 0 fully saturated rings. The molecule has 0 aliphatic heterocycles. The van der Waals surface area contributed by atoms with E-state index in [1.807, 2.05) is 6.07 Å². The first kappa shape index (κ1) is 17.9. The molecule has 0 saturated carbocycles. The molecule has 2 aromatic heterocycles. The van der Waals surface area contributed by atoms with E-state index in [1.165, 1.54) is 24.2 Å². The van der Waals surface area contributed by atoms with Crippen molar-refractivity contribution in [1.82, 2.24) is 14.8 Å². The van der Waals surface area contributed by atoms with Crippen molar-refractivity contribution in [2.75, 3.05) is 7.11 Å². The fourth-order valence-corrected chi connectivity index (χ4v) is 2.80. The van der Waals surface area contributed by atoms with Crippen LogP contribution in [0.2, 0.25) is 0 Å². The van der Waals surface area contributed by atoms with E-state index < -0.39 is 10.5 Å². The van der Waals surface area contributed by atoms with E-state index in [9.17, 15) is 20.2 Å². The summed E-state index contributed by atoms with van der Waals surface area (Å²) in [4.78, 5) is 25.0. The van der Waals surface area contributed by atoms with Gasteiger partial charge in [0.05, 0.1) is 18.6 Å². The molecule has 0 amide bonds. The maximum atomic E-state index is 12.1. The largest absolute Gasteiger partial charge is 0.496 e. The van der Waals surface area contributed by atoms with E-state index in [4.69, 9.17) is 4.74 Å². The van der Waals surface area contributed by atoms with Crippen molar-refractivity contribution in [3.8, 4) is 22.9 Å². The summed E-state index contributed by atoms with van der Waals surface area (Å²) in [7, 11) is 1.52. The Hall–Kier alpha value is -3.93. The molecule has 2 heterocycles. The minimum absolute atomic E-state index is 0.0199. The minimum Gasteiger partial charge on any atom is -0.496 e. The molecule has 0 spiro atoms. The molecule has 9 heteroatoms. The molecular weight excluding hydrogens is 350 g/mol. The molecule has 0 bridgehead atoms. The number of aryl methyl sites for hydroxylation is 1. The molecular formula is C18H15N5O4. The Morgan fingerprint density at radius 2 is 2.19 bits per heavy atom. The number of nitriles is 1. The Balaban J connectivity index is 2.08. The van der Waals surface area contributed by atoms with Crippen molar-refractivity contribution in [2.45, 2.75) is 13.5 Å². The SMILES string of the molecule is COc1ccc(-c2cc(C)[nH]c(=O)c2C#N)cc1Cn1cc([N+](=O)[O-])cn1. The first-order chi connectivity index (χ1) is 12.9. The van der Waals surface area contributed by atoms with Crippen LogP contribution in [0, 0.1) is 28.4 Å². The molecule has 1 aromatic carbocycles. The van der Waals surface area contributed by atoms with Gasteiger partial charge in [0.2, 0.25) is 0 Å². The highest BCUT2D eigenvalue weighted by Gasteiger charge is 2.15. The van der Waals surface area contributed by atoms with Crippen LogP contribution in [0.5, 0.6) is 5.75 Å². The summed E-state index contributed by atoms with van der Waals surface area (Å²) in [5, 5.41) is 24.2. The fourth-order valence-electron chi connectivity index (χ4n) is 2.80. The van der Waals surface area contributed by atoms with Crippen LogP contribution in [-0.2, 0) is 6.54 Å². The van der Waals surface area contributed by atoms with Crippen LogP contribution in [0.15, 0.2) is 41.5 Å². The van der Waals surface area contributed by atoms with Gasteiger partial charge in [-0.15, -0.1) is 0 Å². The lowest BCUT2D eigenvalue weighted by Crippen LogP contribution is -2.13. The summed E-state index contributed by atoms with van der Waals surface area (Å²) >= 11 is 0. The van der Waals surface area contributed by atoms with Crippen molar-refractivity contribution < 1.29 is 9.66 Å². The quantitative estimate of drug-likeness (QED) is 0.546. The molecule has 0 aliphatic rings. The number of benzene rings is 1. The number of aromatic amines is 1. The van der Waals surface area contributed by atoms with Crippen LogP contribution in [0.3, 0.4) is 0 Å². The summed E-state index contributed by atoms with van der Waals surface area (Å²) in [6.45, 7) is 1.97. The highest BCUT2D eigenvalue weighted by atomic mass is 16.6. The van der Waals surface area contributed by atoms with Crippen molar-refractivity contribution in [3.05, 3.63) is 73.9 Å². The zero-order chi connectivity index (χ0) is 19.6. The Kier molecular flexibility index (Phi) is 4.72. The Morgan fingerprint density at radius 3 is 2.81 bits per heavy atom. The zero-order valence-electron chi connectivity index (χ0n) is 14.6. The predicted octanol–water partition coefficient (Wildman–Crippen LogP) is 2.38. The summed E-state index contributed by atoms with van der Waals surface area (Å²) in [6.07, 6.45) is 2.49. The van der Waals surface area contributed by atoms with Gasteiger partial charge in [-0.1, -0.05) is 6.07 Å². The number of nitro groups is 1. The molecule has 0 saturated heterocycles. The van der Waals surface area contributed by atoms with Gasteiger partial charge in [0.1, 0.15) is 29.8 Å². The van der Waals surface area contributed by atoms with Crippen LogP contribution >= 0.6 is 0 Å². The lowest BCUT2D eigenvalue weighted by atomic mass is 9.98. The first-order valence-corrected chi connectivity index (χ1v) is 7.91. The second-order valence-corrected chi connectivity index (χ2v) is 5.86. The third kappa shape index (κ3) is 3.55. The van der Waals surface area contributed by atoms with Crippen LogP contribution in [0.4, 0.5) is 5.69 Å². The lowest BCUT2D eigenvalue weighted by Gasteiger charge is -2.12. The third-order valence-corrected chi connectivity index (χ3v) is 4.03. The van der Waals surface area contributed by atoms with Gasteiger partial charge >= 0.3 is 5.69 Å². The molecule has 1 N–H and O–H groups in total. The van der Waals surface area contributed by atoms with E-state index in [0.29, 0.717) is 28.1 Å². The summed E-state index contributed by atoms with van der Waals surface area (Å²) in [6, 6.07) is 8.92. The van der Waals surface area contributed by atoms with Gasteiger partial charge in [0.25, 0.3) is 5.56 Å². The van der Waals surface area contributed by atoms with Crippen molar-refractivity contribution in [1.29, 1.82) is 5.26 Å². The highest BCUT2D eigenvalue weighted by molar-refractivity contribution is 5.71. The Morgan fingerprint density at radius 1 is 1.41 bits per heavy atom. The van der Waals surface area contributed by atoms with E-state index >= 15 is 0 Å². The third-order valence-electron chi connectivity index (χ3n) is 4.03. The molecule has 0 radical (unpaired) electrons. The number of aromatic nitrogens is 3. The molecule has 136 valence electrons. The highest BCUT2D eigenvalue weighted by Crippen LogP contribution is 2.29. The summed E-state index contributed by atoms with van der Waals surface area (Å²) < 4.78 is 6.78. The van der Waals surface area contributed by atoms with E-state index in [-0.39, 0.29) is 17.8 Å². The molecule has 0 aliphatic carbocycles. The topological polar surface area (TPSA) is 127 Å². The van der Waals surface area contributed by atoms with Crippen molar-refractivity contribution in [3.63, 3.8) is 0 Å². The second-order valence-electron chi connectivity index (χ2n) is 5.86. The fraction of sp³-hybridized carbons (Fsp3) is 0.167. The molecule has 3 rings (SSSR count). The van der Waals surface area contributed by atoms with Gasteiger partial charge in [-0.05, 0) is 30.7 Å². The predicted molar refractivity (Wildman–Crippen MR) is 96.5 cm³/mol. The number of H-pyrrole nitrogens is 1. The van der Waals surface area contributed by atoms with Crippen LogP contribution in [0.1, 0.15) is 16.8 Å². The van der Waals surface area contributed by atoms with Gasteiger partial charge < -0.3 is 9.72 Å². The standard InChI is InChI=1S/C18H15N5O4/c1-11-5-15(16(7-19)18(24)21-11)12-3-4-17(27-2)13(6-12)9-22-10-14(8-20-22)23(25)26/h3-6,8,10H,9H2,1-2H3,(H,21,24). The normalized spacial score (nSPS) is 10.4. The number of nitrogens with one attached hydrogen (secondary N) is 1. The summed E-state index contributed by atoms with van der Waals surface area (Å²) in [5.74, 6) is 0.567. The van der Waals surface area contributed by atoms with Gasteiger partial charge in [-0.2, -0.15) is 10.4 Å². The lowest BCUT2D eigenvalue weighted by molar-refractivity contribution is -0.385. The second kappa shape index (κ2) is 7.13. The van der Waals surface area contributed by atoms with Crippen molar-refractivity contribution >= 4 is 5.69 Å². The number of hydrogen-bond donors (Lipinski definition) is 1. The average Bonchev–Trinajstić information content (AvgIpc) is 3.10. The van der Waals surface area contributed by atoms with Crippen molar-refractivity contribution in [2.24, 2.45) is 0 Å². The Bertz CT molecular complexity index is 1120. The van der Waals surface area contributed by atoms with Gasteiger partial charge in [0.15, 0.2) is 0 Å².